The molecule has 5 nitrogen and oxygen atoms in total. The summed E-state index contributed by atoms with van der Waals surface area (Å²) in [5, 5.41) is 21.9. The van der Waals surface area contributed by atoms with Crippen molar-refractivity contribution in [3.63, 3.8) is 0 Å². The molecule has 5 heteroatoms. The summed E-state index contributed by atoms with van der Waals surface area (Å²) in [6, 6.07) is 0.447. The van der Waals surface area contributed by atoms with Crippen LogP contribution in [0.5, 0.6) is 0 Å². The van der Waals surface area contributed by atoms with Crippen molar-refractivity contribution < 1.29 is 5.17 Å². The fourth-order valence-electron chi connectivity index (χ4n) is 4.25. The van der Waals surface area contributed by atoms with Crippen LogP contribution in [0.3, 0.4) is 0 Å². The molecule has 0 aromatic rings. The molecule has 2 heterocycles. The van der Waals surface area contributed by atoms with Crippen LogP contribution in [0, 0.1) is 16.0 Å². The summed E-state index contributed by atoms with van der Waals surface area (Å²) in [7, 11) is 0. The van der Waals surface area contributed by atoms with E-state index in [1.807, 2.05) is 0 Å². The average molecular weight is 276 g/mol. The van der Waals surface area contributed by atoms with Gasteiger partial charge in [0.1, 0.15) is 6.21 Å². The van der Waals surface area contributed by atoms with Gasteiger partial charge in [-0.15, -0.1) is 0 Å². The summed E-state index contributed by atoms with van der Waals surface area (Å²) >= 11 is 0. The molecule has 0 saturated heterocycles. The Labute approximate surface area is 120 Å². The molecule has 0 aromatic carbocycles. The Morgan fingerprint density at radius 2 is 1.85 bits per heavy atom. The number of quaternary nitrogens is 1. The maximum absolute atomic E-state index is 11.5. The fraction of sp³-hybridized carbons (Fsp3) is 0.733. The van der Waals surface area contributed by atoms with Crippen LogP contribution in [-0.2, 0) is 0 Å². The van der Waals surface area contributed by atoms with Crippen molar-refractivity contribution in [1.82, 2.24) is 5.01 Å². The summed E-state index contributed by atoms with van der Waals surface area (Å²) in [6.07, 6.45) is 6.96. The van der Waals surface area contributed by atoms with Crippen molar-refractivity contribution in [2.45, 2.75) is 53.0 Å². The zero-order valence-corrected chi connectivity index (χ0v) is 12.8. The molecule has 3 aliphatic rings. The third-order valence-corrected chi connectivity index (χ3v) is 4.54. The summed E-state index contributed by atoms with van der Waals surface area (Å²) in [5.74, 6) is 0. The Balaban J connectivity index is 1.77. The smallest absolute Gasteiger partial charge is 0.184 e. The number of nitrogens with zero attached hydrogens (tertiary/aromatic N) is 3. The second-order valence-corrected chi connectivity index (χ2v) is 7.91. The van der Waals surface area contributed by atoms with Crippen molar-refractivity contribution in [3.8, 4) is 0 Å². The van der Waals surface area contributed by atoms with Crippen LogP contribution in [0.15, 0.2) is 21.5 Å². The van der Waals surface area contributed by atoms with E-state index < -0.39 is 0 Å². The monoisotopic (exact) mass is 276 g/mol. The lowest BCUT2D eigenvalue weighted by molar-refractivity contribution is -0.804. The standard InChI is InChI=1S/C15H24N4O/c1-14(2)5-12(6-15(3,4)10-14)18-9-11-7-17-19(20)13(11)8-16-18/h7-8,12,19H,5-6,9-10H2,1-4H3. The first-order valence-corrected chi connectivity index (χ1v) is 7.38. The third kappa shape index (κ3) is 2.52. The highest BCUT2D eigenvalue weighted by molar-refractivity contribution is 5.91. The summed E-state index contributed by atoms with van der Waals surface area (Å²) in [4.78, 5) is 0. The number of hydrazone groups is 1. The maximum Gasteiger partial charge on any atom is 0.184 e. The van der Waals surface area contributed by atoms with E-state index in [0.717, 1.165) is 25.0 Å². The van der Waals surface area contributed by atoms with Crippen LogP contribution in [0.2, 0.25) is 0 Å². The number of nitrogens with one attached hydrogen (secondary N) is 1. The lowest BCUT2D eigenvalue weighted by Gasteiger charge is -2.48. The topological polar surface area (TPSA) is 55.5 Å². The van der Waals surface area contributed by atoms with Gasteiger partial charge in [-0.05, 0) is 30.1 Å². The van der Waals surface area contributed by atoms with Crippen LogP contribution in [-0.4, -0.2) is 30.0 Å². The molecule has 0 radical (unpaired) electrons. The Morgan fingerprint density at radius 1 is 1.20 bits per heavy atom. The average Bonchev–Trinajstić information content (AvgIpc) is 2.67. The SMILES string of the molecule is CC1(C)CC(N2CC3=C(C=N2)[NH+]([O-])N=C3)CC(C)(C)C1. The highest BCUT2D eigenvalue weighted by atomic mass is 16.5. The van der Waals surface area contributed by atoms with E-state index in [1.54, 1.807) is 12.4 Å². The van der Waals surface area contributed by atoms with E-state index in [4.69, 9.17) is 0 Å². The van der Waals surface area contributed by atoms with Gasteiger partial charge in [-0.2, -0.15) is 5.10 Å². The van der Waals surface area contributed by atoms with Gasteiger partial charge in [0.2, 0.25) is 0 Å². The van der Waals surface area contributed by atoms with Crippen molar-refractivity contribution in [2.75, 3.05) is 6.54 Å². The molecule has 1 aliphatic carbocycles. The van der Waals surface area contributed by atoms with Gasteiger partial charge >= 0.3 is 0 Å². The minimum atomic E-state index is -0.146. The molecule has 0 bridgehead atoms. The van der Waals surface area contributed by atoms with Gasteiger partial charge in [-0.25, -0.2) is 5.17 Å². The van der Waals surface area contributed by atoms with Crippen molar-refractivity contribution >= 4 is 12.4 Å². The van der Waals surface area contributed by atoms with Gasteiger partial charge in [0.05, 0.1) is 18.3 Å². The second kappa shape index (κ2) is 4.40. The van der Waals surface area contributed by atoms with Gasteiger partial charge in [-0.1, -0.05) is 32.8 Å². The zero-order chi connectivity index (χ0) is 14.5. The molecule has 1 saturated carbocycles. The quantitative estimate of drug-likeness (QED) is 0.738. The summed E-state index contributed by atoms with van der Waals surface area (Å²) in [5.41, 5.74) is 2.38. The van der Waals surface area contributed by atoms with E-state index in [-0.39, 0.29) is 5.17 Å². The lowest BCUT2D eigenvalue weighted by atomic mass is 9.63. The first-order chi connectivity index (χ1) is 9.26. The van der Waals surface area contributed by atoms with Gasteiger partial charge in [0.25, 0.3) is 0 Å². The Morgan fingerprint density at radius 3 is 2.50 bits per heavy atom. The van der Waals surface area contributed by atoms with Crippen LogP contribution < -0.4 is 5.17 Å². The van der Waals surface area contributed by atoms with E-state index in [9.17, 15) is 5.21 Å². The van der Waals surface area contributed by atoms with Gasteiger partial charge in [-0.3, -0.25) is 5.01 Å². The Bertz CT molecular complexity index is 488. The number of hydrogen-bond acceptors (Lipinski definition) is 4. The van der Waals surface area contributed by atoms with Crippen LogP contribution in [0.1, 0.15) is 47.0 Å². The van der Waals surface area contributed by atoms with Crippen molar-refractivity contribution in [3.05, 3.63) is 16.5 Å². The van der Waals surface area contributed by atoms with Crippen molar-refractivity contribution in [1.29, 1.82) is 0 Å². The first kappa shape index (κ1) is 13.8. The molecule has 1 fully saturated rings. The Kier molecular flexibility index (Phi) is 3.03. The van der Waals surface area contributed by atoms with Crippen LogP contribution >= 0.6 is 0 Å². The second-order valence-electron chi connectivity index (χ2n) is 7.91. The molecule has 1 N–H and O–H groups in total. The van der Waals surface area contributed by atoms with Gasteiger partial charge in [0.15, 0.2) is 5.70 Å². The lowest BCUT2D eigenvalue weighted by Crippen LogP contribution is -2.99. The molecule has 1 atom stereocenters. The zero-order valence-electron chi connectivity index (χ0n) is 12.8. The maximum atomic E-state index is 11.5. The van der Waals surface area contributed by atoms with Crippen LogP contribution in [0.4, 0.5) is 0 Å². The molecule has 2 aliphatic heterocycles. The third-order valence-electron chi connectivity index (χ3n) is 4.54. The van der Waals surface area contributed by atoms with E-state index in [0.29, 0.717) is 22.6 Å². The highest BCUT2D eigenvalue weighted by Gasteiger charge is 2.41. The number of hydroxylamine groups is 1. The molecule has 1 unspecified atom stereocenters. The van der Waals surface area contributed by atoms with E-state index in [1.165, 1.54) is 6.42 Å². The number of hydrogen-bond donors (Lipinski definition) is 1. The number of allylic oxidation sites excluding steroid dienone is 1. The minimum Gasteiger partial charge on any atom is -0.601 e. The molecular weight excluding hydrogens is 252 g/mol. The molecule has 0 spiro atoms. The Hall–Kier alpha value is -1.20. The molecule has 110 valence electrons. The molecule has 0 amide bonds. The summed E-state index contributed by atoms with van der Waals surface area (Å²) < 4.78 is 0. The molecular formula is C15H24N4O. The largest absolute Gasteiger partial charge is 0.601 e. The predicted molar refractivity (Wildman–Crippen MR) is 80.2 cm³/mol. The predicted octanol–water partition coefficient (Wildman–Crippen LogP) is 1.53. The van der Waals surface area contributed by atoms with E-state index >= 15 is 0 Å². The number of rotatable bonds is 1. The van der Waals surface area contributed by atoms with Crippen LogP contribution in [0.25, 0.3) is 0 Å². The van der Waals surface area contributed by atoms with Crippen molar-refractivity contribution in [2.24, 2.45) is 21.0 Å². The normalized spacial score (nSPS) is 31.9. The van der Waals surface area contributed by atoms with Gasteiger partial charge in [0, 0.05) is 6.04 Å². The molecule has 3 rings (SSSR count). The van der Waals surface area contributed by atoms with Gasteiger partial charge < -0.3 is 5.21 Å². The molecule has 0 aromatic heterocycles. The minimum absolute atomic E-state index is 0.146. The summed E-state index contributed by atoms with van der Waals surface area (Å²) in [6.45, 7) is 10.1. The molecule has 20 heavy (non-hydrogen) atoms. The fourth-order valence-corrected chi connectivity index (χ4v) is 4.25. The first-order valence-electron chi connectivity index (χ1n) is 7.38. The highest BCUT2D eigenvalue weighted by Crippen LogP contribution is 2.47. The van der Waals surface area contributed by atoms with E-state index in [2.05, 4.69) is 42.9 Å².